The second-order valence-corrected chi connectivity index (χ2v) is 6.34. The van der Waals surface area contributed by atoms with Crippen LogP contribution in [0.3, 0.4) is 0 Å². The first kappa shape index (κ1) is 14.5. The highest BCUT2D eigenvalue weighted by Crippen LogP contribution is 2.29. The quantitative estimate of drug-likeness (QED) is 0.899. The number of nitrogens with one attached hydrogen (secondary N) is 2. The first-order valence-corrected chi connectivity index (χ1v) is 8.01. The minimum atomic E-state index is -0.310. The molecule has 7 heteroatoms. The number of aromatic nitrogens is 1. The normalized spacial score (nSPS) is 25.5. The molecule has 0 spiro atoms. The SMILES string of the molecule is O=C(N[C@@H]1C[C@H]2CC[C@@H]1N2)c1ncc(Oc2ccc(Cl)cc2)o1. The summed E-state index contributed by atoms with van der Waals surface area (Å²) >= 11 is 5.82. The number of carbonyl (C=O) groups excluding carboxylic acids is 1. The van der Waals surface area contributed by atoms with Gasteiger partial charge in [0, 0.05) is 23.1 Å². The number of ether oxygens (including phenoxy) is 1. The largest absolute Gasteiger partial charge is 0.425 e. The monoisotopic (exact) mass is 333 g/mol. The molecule has 2 N–H and O–H groups in total. The highest BCUT2D eigenvalue weighted by atomic mass is 35.5. The number of hydrogen-bond donors (Lipinski definition) is 2. The molecule has 0 aliphatic carbocycles. The average molecular weight is 334 g/mol. The van der Waals surface area contributed by atoms with Crippen LogP contribution in [0.1, 0.15) is 29.9 Å². The number of benzene rings is 1. The van der Waals surface area contributed by atoms with Crippen LogP contribution in [0.15, 0.2) is 34.9 Å². The van der Waals surface area contributed by atoms with Gasteiger partial charge in [-0.15, -0.1) is 0 Å². The molecular weight excluding hydrogens is 318 g/mol. The third kappa shape index (κ3) is 3.04. The standard InChI is InChI=1S/C16H16ClN3O3/c17-9-1-4-11(5-2-9)22-14-8-18-16(23-14)15(21)20-13-7-10-3-6-12(13)19-10/h1-2,4-5,8,10,12-13,19H,3,6-7H2,(H,20,21)/t10-,12+,13-/m1/s1. The third-order valence-electron chi connectivity index (χ3n) is 4.33. The highest BCUT2D eigenvalue weighted by molar-refractivity contribution is 6.30. The summed E-state index contributed by atoms with van der Waals surface area (Å²) in [5.74, 6) is 0.436. The summed E-state index contributed by atoms with van der Waals surface area (Å²) in [6.45, 7) is 0. The van der Waals surface area contributed by atoms with Crippen LogP contribution in [-0.4, -0.2) is 29.0 Å². The summed E-state index contributed by atoms with van der Waals surface area (Å²) in [5.41, 5.74) is 0. The number of fused-ring (bicyclic) bond motifs is 2. The van der Waals surface area contributed by atoms with Crippen molar-refractivity contribution in [2.45, 2.75) is 37.4 Å². The van der Waals surface area contributed by atoms with Gasteiger partial charge in [-0.3, -0.25) is 4.79 Å². The van der Waals surface area contributed by atoms with Crippen molar-refractivity contribution in [1.82, 2.24) is 15.6 Å². The van der Waals surface area contributed by atoms with E-state index in [2.05, 4.69) is 15.6 Å². The summed E-state index contributed by atoms with van der Waals surface area (Å²) < 4.78 is 10.9. The topological polar surface area (TPSA) is 76.4 Å². The van der Waals surface area contributed by atoms with Crippen LogP contribution >= 0.6 is 11.6 Å². The van der Waals surface area contributed by atoms with Gasteiger partial charge in [-0.2, -0.15) is 0 Å². The fourth-order valence-corrected chi connectivity index (χ4v) is 3.37. The molecule has 2 bridgehead atoms. The van der Waals surface area contributed by atoms with Gasteiger partial charge < -0.3 is 19.8 Å². The van der Waals surface area contributed by atoms with E-state index in [4.69, 9.17) is 20.8 Å². The van der Waals surface area contributed by atoms with Crippen molar-refractivity contribution in [3.63, 3.8) is 0 Å². The van der Waals surface area contributed by atoms with Crippen molar-refractivity contribution in [2.75, 3.05) is 0 Å². The first-order valence-electron chi connectivity index (χ1n) is 7.63. The van der Waals surface area contributed by atoms with Gasteiger partial charge in [0.15, 0.2) is 0 Å². The Balaban J connectivity index is 1.39. The lowest BCUT2D eigenvalue weighted by Gasteiger charge is -2.20. The van der Waals surface area contributed by atoms with Gasteiger partial charge in [-0.05, 0) is 43.5 Å². The van der Waals surface area contributed by atoms with E-state index >= 15 is 0 Å². The van der Waals surface area contributed by atoms with Gasteiger partial charge in [0.25, 0.3) is 5.89 Å². The molecule has 2 saturated heterocycles. The summed E-state index contributed by atoms with van der Waals surface area (Å²) in [4.78, 5) is 16.2. The number of nitrogens with zero attached hydrogens (tertiary/aromatic N) is 1. The predicted molar refractivity (Wildman–Crippen MR) is 83.8 cm³/mol. The molecule has 1 aromatic heterocycles. The van der Waals surface area contributed by atoms with Crippen LogP contribution in [0.2, 0.25) is 5.02 Å². The zero-order valence-electron chi connectivity index (χ0n) is 12.3. The minimum Gasteiger partial charge on any atom is -0.425 e. The lowest BCUT2D eigenvalue weighted by Crippen LogP contribution is -2.43. The molecule has 1 amide bonds. The van der Waals surface area contributed by atoms with Crippen LogP contribution < -0.4 is 15.4 Å². The smallest absolute Gasteiger partial charge is 0.311 e. The van der Waals surface area contributed by atoms with Gasteiger partial charge >= 0.3 is 11.9 Å². The Morgan fingerprint density at radius 1 is 1.35 bits per heavy atom. The summed E-state index contributed by atoms with van der Waals surface area (Å²) in [6.07, 6.45) is 4.65. The van der Waals surface area contributed by atoms with Crippen molar-refractivity contribution in [1.29, 1.82) is 0 Å². The van der Waals surface area contributed by atoms with E-state index in [-0.39, 0.29) is 23.8 Å². The molecule has 0 unspecified atom stereocenters. The molecule has 4 rings (SSSR count). The van der Waals surface area contributed by atoms with Gasteiger partial charge in [0.2, 0.25) is 0 Å². The molecule has 2 aliphatic rings. The Morgan fingerprint density at radius 3 is 2.87 bits per heavy atom. The number of carbonyl (C=O) groups is 1. The Bertz CT molecular complexity index is 716. The van der Waals surface area contributed by atoms with E-state index in [0.29, 0.717) is 22.9 Å². The van der Waals surface area contributed by atoms with E-state index in [0.717, 1.165) is 12.8 Å². The minimum absolute atomic E-state index is 0.0109. The predicted octanol–water partition coefficient (Wildman–Crippen LogP) is 2.74. The summed E-state index contributed by atoms with van der Waals surface area (Å²) in [5, 5.41) is 7.08. The first-order chi connectivity index (χ1) is 11.2. The number of rotatable bonds is 4. The van der Waals surface area contributed by atoms with Crippen molar-refractivity contribution in [3.05, 3.63) is 41.4 Å². The van der Waals surface area contributed by atoms with Gasteiger partial charge in [0.1, 0.15) is 11.9 Å². The Kier molecular flexibility index (Phi) is 3.71. The van der Waals surface area contributed by atoms with Gasteiger partial charge in [-0.25, -0.2) is 4.98 Å². The Labute approximate surface area is 138 Å². The molecule has 2 fully saturated rings. The van der Waals surface area contributed by atoms with Crippen LogP contribution in [0.25, 0.3) is 0 Å². The van der Waals surface area contributed by atoms with Crippen LogP contribution in [-0.2, 0) is 0 Å². The average Bonchev–Trinajstić information content (AvgIpc) is 3.26. The zero-order valence-corrected chi connectivity index (χ0v) is 13.0. The molecule has 120 valence electrons. The Hall–Kier alpha value is -2.05. The maximum atomic E-state index is 12.2. The molecule has 6 nitrogen and oxygen atoms in total. The van der Waals surface area contributed by atoms with Gasteiger partial charge in [0.05, 0.1) is 0 Å². The lowest BCUT2D eigenvalue weighted by molar-refractivity contribution is 0.0891. The third-order valence-corrected chi connectivity index (χ3v) is 4.58. The van der Waals surface area contributed by atoms with Crippen molar-refractivity contribution < 1.29 is 13.9 Å². The molecule has 23 heavy (non-hydrogen) atoms. The van der Waals surface area contributed by atoms with Crippen LogP contribution in [0, 0.1) is 0 Å². The Morgan fingerprint density at radius 2 is 2.17 bits per heavy atom. The fourth-order valence-electron chi connectivity index (χ4n) is 3.24. The second-order valence-electron chi connectivity index (χ2n) is 5.90. The lowest BCUT2D eigenvalue weighted by atomic mass is 9.95. The number of hydrogen-bond acceptors (Lipinski definition) is 5. The van der Waals surface area contributed by atoms with Crippen molar-refractivity contribution >= 4 is 17.5 Å². The number of oxazole rings is 1. The highest BCUT2D eigenvalue weighted by Gasteiger charge is 2.40. The summed E-state index contributed by atoms with van der Waals surface area (Å²) in [7, 11) is 0. The summed E-state index contributed by atoms with van der Waals surface area (Å²) in [6, 6.07) is 7.89. The van der Waals surface area contributed by atoms with Gasteiger partial charge in [-0.1, -0.05) is 11.6 Å². The van der Waals surface area contributed by atoms with E-state index < -0.39 is 0 Å². The molecule has 3 atom stereocenters. The molecule has 1 aromatic carbocycles. The van der Waals surface area contributed by atoms with Crippen molar-refractivity contribution in [2.24, 2.45) is 0 Å². The molecule has 3 heterocycles. The second kappa shape index (κ2) is 5.86. The van der Waals surface area contributed by atoms with Crippen molar-refractivity contribution in [3.8, 4) is 11.7 Å². The van der Waals surface area contributed by atoms with E-state index in [1.807, 2.05) is 0 Å². The van der Waals surface area contributed by atoms with E-state index in [9.17, 15) is 4.79 Å². The van der Waals surface area contributed by atoms with Crippen LogP contribution in [0.4, 0.5) is 0 Å². The molecule has 2 aliphatic heterocycles. The number of amides is 1. The molecular formula is C16H16ClN3O3. The van der Waals surface area contributed by atoms with E-state index in [1.165, 1.54) is 12.6 Å². The maximum absolute atomic E-state index is 12.2. The maximum Gasteiger partial charge on any atom is 0.311 e. The molecule has 0 saturated carbocycles. The fraction of sp³-hybridized carbons (Fsp3) is 0.375. The van der Waals surface area contributed by atoms with E-state index in [1.54, 1.807) is 24.3 Å². The molecule has 2 aromatic rings. The molecule has 0 radical (unpaired) electrons. The zero-order chi connectivity index (χ0) is 15.8. The van der Waals surface area contributed by atoms with Crippen LogP contribution in [0.5, 0.6) is 11.7 Å². The number of halogens is 1.